The number of carbonyl (C=O) groups is 1. The Kier molecular flexibility index (Phi) is 3.50. The van der Waals surface area contributed by atoms with Gasteiger partial charge in [-0.25, -0.2) is 0 Å². The van der Waals surface area contributed by atoms with Crippen molar-refractivity contribution >= 4 is 5.97 Å². The molecule has 78 valence electrons. The van der Waals surface area contributed by atoms with E-state index in [1.165, 1.54) is 0 Å². The summed E-state index contributed by atoms with van der Waals surface area (Å²) < 4.78 is 0. The normalized spacial score (nSPS) is 15.5. The Hall–Kier alpha value is -0.570. The fraction of sp³-hybridized carbons (Fsp3) is 0.900. The van der Waals surface area contributed by atoms with Gasteiger partial charge in [-0.1, -0.05) is 34.6 Å². The molecule has 0 aliphatic rings. The molecule has 0 radical (unpaired) electrons. The third-order valence-electron chi connectivity index (χ3n) is 2.09. The largest absolute Gasteiger partial charge is 0.480 e. The average Bonchev–Trinajstić information content (AvgIpc) is 1.80. The minimum atomic E-state index is -0.922. The third kappa shape index (κ3) is 4.27. The van der Waals surface area contributed by atoms with Gasteiger partial charge in [0.2, 0.25) is 0 Å². The fourth-order valence-corrected chi connectivity index (χ4v) is 1.81. The van der Waals surface area contributed by atoms with Gasteiger partial charge in [0.05, 0.1) is 0 Å². The lowest BCUT2D eigenvalue weighted by atomic mass is 9.72. The van der Waals surface area contributed by atoms with Crippen LogP contribution in [0.4, 0.5) is 0 Å². The number of carboxylic acids is 1. The Labute approximate surface area is 80.3 Å². The van der Waals surface area contributed by atoms with Crippen LogP contribution in [0.25, 0.3) is 0 Å². The Morgan fingerprint density at radius 1 is 1.31 bits per heavy atom. The number of nitrogens with two attached hydrogens (primary N) is 1. The molecule has 0 bridgehead atoms. The highest BCUT2D eigenvalue weighted by Crippen LogP contribution is 2.35. The molecule has 0 unspecified atom stereocenters. The van der Waals surface area contributed by atoms with E-state index in [0.29, 0.717) is 0 Å². The molecule has 3 nitrogen and oxygen atoms in total. The smallest absolute Gasteiger partial charge is 0.321 e. The van der Waals surface area contributed by atoms with Crippen LogP contribution in [0.1, 0.15) is 41.0 Å². The number of carboxylic acid groups (broad SMARTS) is 1. The van der Waals surface area contributed by atoms with Gasteiger partial charge in [0.15, 0.2) is 0 Å². The van der Waals surface area contributed by atoms with Crippen LogP contribution in [-0.4, -0.2) is 17.1 Å². The minimum absolute atomic E-state index is 0.108. The molecule has 0 saturated carbocycles. The molecule has 0 rings (SSSR count). The van der Waals surface area contributed by atoms with Gasteiger partial charge in [0, 0.05) is 0 Å². The molecule has 3 N–H and O–H groups in total. The second-order valence-electron chi connectivity index (χ2n) is 5.54. The summed E-state index contributed by atoms with van der Waals surface area (Å²) >= 11 is 0. The maximum atomic E-state index is 10.7. The number of hydrogen-bond donors (Lipinski definition) is 2. The molecule has 0 aromatic heterocycles. The van der Waals surface area contributed by atoms with Gasteiger partial charge >= 0.3 is 5.97 Å². The number of aliphatic carboxylic acids is 1. The van der Waals surface area contributed by atoms with E-state index in [1.807, 2.05) is 13.8 Å². The molecule has 0 amide bonds. The summed E-state index contributed by atoms with van der Waals surface area (Å²) in [4.78, 5) is 10.7. The van der Waals surface area contributed by atoms with Crippen molar-refractivity contribution in [2.75, 3.05) is 0 Å². The molecule has 1 atom stereocenters. The molecular weight excluding hydrogens is 166 g/mol. The topological polar surface area (TPSA) is 63.3 Å². The second-order valence-corrected chi connectivity index (χ2v) is 5.54. The van der Waals surface area contributed by atoms with Crippen molar-refractivity contribution in [2.45, 2.75) is 47.1 Å². The highest BCUT2D eigenvalue weighted by molar-refractivity contribution is 5.74. The van der Waals surface area contributed by atoms with E-state index in [4.69, 9.17) is 10.8 Å². The maximum absolute atomic E-state index is 10.7. The van der Waals surface area contributed by atoms with Crippen molar-refractivity contribution in [2.24, 2.45) is 16.6 Å². The summed E-state index contributed by atoms with van der Waals surface area (Å²) in [6.45, 7) is 10.1. The zero-order chi connectivity index (χ0) is 10.9. The van der Waals surface area contributed by atoms with Crippen LogP contribution in [0.2, 0.25) is 0 Å². The molecule has 0 saturated heterocycles. The summed E-state index contributed by atoms with van der Waals surface area (Å²) in [5, 5.41) is 8.79. The zero-order valence-corrected chi connectivity index (χ0v) is 9.22. The van der Waals surface area contributed by atoms with Gasteiger partial charge in [0.1, 0.15) is 6.04 Å². The first kappa shape index (κ1) is 12.4. The highest BCUT2D eigenvalue weighted by atomic mass is 16.4. The van der Waals surface area contributed by atoms with E-state index in [0.717, 1.165) is 6.42 Å². The van der Waals surface area contributed by atoms with Crippen molar-refractivity contribution in [3.05, 3.63) is 0 Å². The second kappa shape index (κ2) is 3.66. The lowest BCUT2D eigenvalue weighted by Crippen LogP contribution is -2.45. The molecule has 0 aromatic rings. The predicted octanol–water partition coefficient (Wildman–Crippen LogP) is 1.86. The minimum Gasteiger partial charge on any atom is -0.480 e. The number of rotatable bonds is 3. The van der Waals surface area contributed by atoms with E-state index in [-0.39, 0.29) is 10.8 Å². The third-order valence-corrected chi connectivity index (χ3v) is 2.09. The van der Waals surface area contributed by atoms with E-state index < -0.39 is 12.0 Å². The first-order chi connectivity index (χ1) is 5.56. The average molecular weight is 187 g/mol. The standard InChI is InChI=1S/C10H21NO2/c1-9(2,3)6-10(4,5)7(11)8(12)13/h7H,6,11H2,1-5H3,(H,12,13)/t7-/m1/s1. The van der Waals surface area contributed by atoms with E-state index >= 15 is 0 Å². The van der Waals surface area contributed by atoms with Gasteiger partial charge in [0.25, 0.3) is 0 Å². The molecule has 0 aliphatic heterocycles. The van der Waals surface area contributed by atoms with Gasteiger partial charge in [-0.2, -0.15) is 0 Å². The monoisotopic (exact) mass is 187 g/mol. The molecule has 13 heavy (non-hydrogen) atoms. The zero-order valence-electron chi connectivity index (χ0n) is 9.22. The number of hydrogen-bond acceptors (Lipinski definition) is 2. The quantitative estimate of drug-likeness (QED) is 0.709. The Morgan fingerprint density at radius 2 is 1.69 bits per heavy atom. The van der Waals surface area contributed by atoms with Crippen molar-refractivity contribution in [1.29, 1.82) is 0 Å². The summed E-state index contributed by atoms with van der Waals surface area (Å²) in [5.74, 6) is -0.922. The molecular formula is C10H21NO2. The Bertz CT molecular complexity index is 192. The lowest BCUT2D eigenvalue weighted by molar-refractivity contribution is -0.141. The summed E-state index contributed by atoms with van der Waals surface area (Å²) in [6, 6.07) is -0.785. The first-order valence-electron chi connectivity index (χ1n) is 4.55. The van der Waals surface area contributed by atoms with Gasteiger partial charge in [-0.05, 0) is 17.3 Å². The van der Waals surface area contributed by atoms with E-state index in [2.05, 4.69) is 20.8 Å². The molecule has 0 heterocycles. The van der Waals surface area contributed by atoms with Crippen LogP contribution >= 0.6 is 0 Å². The van der Waals surface area contributed by atoms with Crippen LogP contribution in [0.5, 0.6) is 0 Å². The van der Waals surface area contributed by atoms with Crippen LogP contribution in [0, 0.1) is 10.8 Å². The first-order valence-corrected chi connectivity index (χ1v) is 4.55. The Balaban J connectivity index is 4.48. The lowest BCUT2D eigenvalue weighted by Gasteiger charge is -2.35. The molecule has 0 aliphatic carbocycles. The van der Waals surface area contributed by atoms with E-state index in [9.17, 15) is 4.79 Å². The van der Waals surface area contributed by atoms with Gasteiger partial charge in [-0.15, -0.1) is 0 Å². The Morgan fingerprint density at radius 3 is 1.92 bits per heavy atom. The maximum Gasteiger partial charge on any atom is 0.321 e. The van der Waals surface area contributed by atoms with Gasteiger partial charge in [-0.3, -0.25) is 4.79 Å². The van der Waals surface area contributed by atoms with Crippen molar-refractivity contribution < 1.29 is 9.90 Å². The van der Waals surface area contributed by atoms with Crippen molar-refractivity contribution in [1.82, 2.24) is 0 Å². The summed E-state index contributed by atoms with van der Waals surface area (Å²) in [7, 11) is 0. The predicted molar refractivity (Wildman–Crippen MR) is 53.5 cm³/mol. The van der Waals surface area contributed by atoms with Gasteiger partial charge < -0.3 is 10.8 Å². The summed E-state index contributed by atoms with van der Waals surface area (Å²) in [6.07, 6.45) is 0.799. The SMILES string of the molecule is CC(C)(C)CC(C)(C)[C@H](N)C(=O)O. The van der Waals surface area contributed by atoms with Crippen LogP contribution in [0.3, 0.4) is 0 Å². The van der Waals surface area contributed by atoms with Crippen LogP contribution in [-0.2, 0) is 4.79 Å². The molecule has 0 aromatic carbocycles. The molecule has 0 spiro atoms. The van der Waals surface area contributed by atoms with Crippen molar-refractivity contribution in [3.8, 4) is 0 Å². The molecule has 0 fully saturated rings. The summed E-state index contributed by atoms with van der Waals surface area (Å²) in [5.41, 5.74) is 5.35. The molecule has 3 heteroatoms. The van der Waals surface area contributed by atoms with Crippen LogP contribution < -0.4 is 5.73 Å². The fourth-order valence-electron chi connectivity index (χ4n) is 1.81. The highest BCUT2D eigenvalue weighted by Gasteiger charge is 2.35. The van der Waals surface area contributed by atoms with Crippen LogP contribution in [0.15, 0.2) is 0 Å². The van der Waals surface area contributed by atoms with E-state index in [1.54, 1.807) is 0 Å². The van der Waals surface area contributed by atoms with Crippen molar-refractivity contribution in [3.63, 3.8) is 0 Å².